The summed E-state index contributed by atoms with van der Waals surface area (Å²) in [6.07, 6.45) is 3.19. The predicted molar refractivity (Wildman–Crippen MR) is 72.2 cm³/mol. The molecule has 2 heterocycles. The number of aromatic nitrogens is 2. The van der Waals surface area contributed by atoms with Crippen molar-refractivity contribution in [3.63, 3.8) is 0 Å². The van der Waals surface area contributed by atoms with E-state index in [9.17, 15) is 9.18 Å². The van der Waals surface area contributed by atoms with Crippen LogP contribution < -0.4 is 0 Å². The Hall–Kier alpha value is -2.69. The van der Waals surface area contributed by atoms with E-state index in [2.05, 4.69) is 4.98 Å². The maximum absolute atomic E-state index is 13.1. The van der Waals surface area contributed by atoms with Crippen LogP contribution in [0.15, 0.2) is 48.8 Å². The number of rotatable bonds is 3. The Bertz CT molecular complexity index is 778. The molecule has 3 aromatic rings. The maximum atomic E-state index is 13.1. The van der Waals surface area contributed by atoms with Gasteiger partial charge in [-0.05, 0) is 36.4 Å². The van der Waals surface area contributed by atoms with Crippen LogP contribution >= 0.6 is 0 Å². The molecule has 0 atom stereocenters. The van der Waals surface area contributed by atoms with Gasteiger partial charge in [-0.1, -0.05) is 0 Å². The summed E-state index contributed by atoms with van der Waals surface area (Å²) in [5.74, 6) is -1.26. The molecular weight excluding hydrogens is 259 g/mol. The largest absolute Gasteiger partial charge is 0.478 e. The summed E-state index contributed by atoms with van der Waals surface area (Å²) in [4.78, 5) is 14.9. The first-order chi connectivity index (χ1) is 9.63. The first-order valence-electron chi connectivity index (χ1n) is 6.06. The lowest BCUT2D eigenvalue weighted by atomic mass is 10.2. The Morgan fingerprint density at radius 3 is 2.80 bits per heavy atom. The van der Waals surface area contributed by atoms with E-state index in [1.54, 1.807) is 12.1 Å². The molecule has 5 heteroatoms. The molecule has 0 bridgehead atoms. The van der Waals surface area contributed by atoms with E-state index in [1.807, 2.05) is 16.8 Å². The molecule has 0 aliphatic heterocycles. The SMILES string of the molecule is O=C(O)c1ccc(Cn2ccc3cc(F)ccc32)nc1. The number of benzene rings is 1. The van der Waals surface area contributed by atoms with Gasteiger partial charge in [0.2, 0.25) is 0 Å². The second-order valence-corrected chi connectivity index (χ2v) is 4.49. The number of fused-ring (bicyclic) bond motifs is 1. The summed E-state index contributed by atoms with van der Waals surface area (Å²) in [5, 5.41) is 9.65. The Balaban J connectivity index is 1.91. The molecule has 0 amide bonds. The van der Waals surface area contributed by atoms with Crippen LogP contribution in [0.25, 0.3) is 10.9 Å². The second-order valence-electron chi connectivity index (χ2n) is 4.49. The highest BCUT2D eigenvalue weighted by Crippen LogP contribution is 2.18. The lowest BCUT2D eigenvalue weighted by molar-refractivity contribution is 0.0696. The highest BCUT2D eigenvalue weighted by molar-refractivity contribution is 5.87. The van der Waals surface area contributed by atoms with Gasteiger partial charge in [-0.3, -0.25) is 4.98 Å². The van der Waals surface area contributed by atoms with Crippen LogP contribution in [-0.2, 0) is 6.54 Å². The highest BCUT2D eigenvalue weighted by Gasteiger charge is 2.06. The van der Waals surface area contributed by atoms with E-state index in [1.165, 1.54) is 24.4 Å². The molecule has 0 aliphatic carbocycles. The van der Waals surface area contributed by atoms with E-state index in [0.29, 0.717) is 6.54 Å². The van der Waals surface area contributed by atoms with Gasteiger partial charge in [0.15, 0.2) is 0 Å². The zero-order chi connectivity index (χ0) is 14.1. The van der Waals surface area contributed by atoms with Crippen LogP contribution in [0, 0.1) is 5.82 Å². The van der Waals surface area contributed by atoms with Gasteiger partial charge in [0.05, 0.1) is 17.8 Å². The van der Waals surface area contributed by atoms with Gasteiger partial charge in [-0.2, -0.15) is 0 Å². The summed E-state index contributed by atoms with van der Waals surface area (Å²) in [6, 6.07) is 9.65. The fraction of sp³-hybridized carbons (Fsp3) is 0.0667. The zero-order valence-corrected chi connectivity index (χ0v) is 10.5. The van der Waals surface area contributed by atoms with Gasteiger partial charge in [-0.15, -0.1) is 0 Å². The first kappa shape index (κ1) is 12.3. The number of nitrogens with zero attached hydrogens (tertiary/aromatic N) is 2. The molecule has 3 rings (SSSR count). The molecule has 2 aromatic heterocycles. The smallest absolute Gasteiger partial charge is 0.337 e. The van der Waals surface area contributed by atoms with E-state index in [4.69, 9.17) is 5.11 Å². The molecular formula is C15H11FN2O2. The van der Waals surface area contributed by atoms with Crippen molar-refractivity contribution in [3.8, 4) is 0 Å². The molecule has 0 spiro atoms. The van der Waals surface area contributed by atoms with Crippen LogP contribution in [0.3, 0.4) is 0 Å². The lowest BCUT2D eigenvalue weighted by Gasteiger charge is -2.05. The minimum absolute atomic E-state index is 0.160. The van der Waals surface area contributed by atoms with Gasteiger partial charge in [0.1, 0.15) is 5.82 Å². The third kappa shape index (κ3) is 2.25. The number of carboxylic acid groups (broad SMARTS) is 1. The van der Waals surface area contributed by atoms with Crippen LogP contribution in [0.2, 0.25) is 0 Å². The molecule has 0 unspecified atom stereocenters. The zero-order valence-electron chi connectivity index (χ0n) is 10.5. The molecule has 1 N–H and O–H groups in total. The number of pyridine rings is 1. The number of hydrogen-bond acceptors (Lipinski definition) is 2. The van der Waals surface area contributed by atoms with Crippen LogP contribution in [0.1, 0.15) is 16.1 Å². The number of carboxylic acids is 1. The fourth-order valence-corrected chi connectivity index (χ4v) is 2.13. The Kier molecular flexibility index (Phi) is 2.95. The number of hydrogen-bond donors (Lipinski definition) is 1. The second kappa shape index (κ2) is 4.77. The quantitative estimate of drug-likeness (QED) is 0.796. The molecule has 4 nitrogen and oxygen atoms in total. The standard InChI is InChI=1S/C15H11FN2O2/c16-12-2-4-14-10(7-12)5-6-18(14)9-13-3-1-11(8-17-13)15(19)20/h1-8H,9H2,(H,19,20). The van der Waals surface area contributed by atoms with Crippen molar-refractivity contribution < 1.29 is 14.3 Å². The fourth-order valence-electron chi connectivity index (χ4n) is 2.13. The number of halogens is 1. The van der Waals surface area contributed by atoms with E-state index >= 15 is 0 Å². The number of carbonyl (C=O) groups is 1. The van der Waals surface area contributed by atoms with Crippen molar-refractivity contribution in [1.82, 2.24) is 9.55 Å². The average Bonchev–Trinajstić information content (AvgIpc) is 2.81. The summed E-state index contributed by atoms with van der Waals surface area (Å²) in [5.41, 5.74) is 1.82. The third-order valence-electron chi connectivity index (χ3n) is 3.14. The Morgan fingerprint density at radius 2 is 2.10 bits per heavy atom. The molecule has 1 aromatic carbocycles. The Labute approximate surface area is 114 Å². The van der Waals surface area contributed by atoms with Gasteiger partial charge in [0, 0.05) is 23.3 Å². The van der Waals surface area contributed by atoms with Crippen molar-refractivity contribution in [2.45, 2.75) is 6.54 Å². The summed E-state index contributed by atoms with van der Waals surface area (Å²) in [7, 11) is 0. The van der Waals surface area contributed by atoms with Crippen molar-refractivity contribution in [1.29, 1.82) is 0 Å². The van der Waals surface area contributed by atoms with E-state index in [-0.39, 0.29) is 11.4 Å². The molecule has 0 saturated heterocycles. The average molecular weight is 270 g/mol. The van der Waals surface area contributed by atoms with Gasteiger partial charge < -0.3 is 9.67 Å². The van der Waals surface area contributed by atoms with Crippen LogP contribution in [0.4, 0.5) is 4.39 Å². The van der Waals surface area contributed by atoms with E-state index in [0.717, 1.165) is 16.6 Å². The van der Waals surface area contributed by atoms with Gasteiger partial charge in [0.25, 0.3) is 0 Å². The maximum Gasteiger partial charge on any atom is 0.337 e. The van der Waals surface area contributed by atoms with Crippen LogP contribution in [0.5, 0.6) is 0 Å². The van der Waals surface area contributed by atoms with Crippen LogP contribution in [-0.4, -0.2) is 20.6 Å². The minimum atomic E-state index is -0.995. The van der Waals surface area contributed by atoms with Crippen molar-refractivity contribution in [2.75, 3.05) is 0 Å². The predicted octanol–water partition coefficient (Wildman–Crippen LogP) is 2.92. The van der Waals surface area contributed by atoms with Gasteiger partial charge in [-0.25, -0.2) is 9.18 Å². The van der Waals surface area contributed by atoms with E-state index < -0.39 is 5.97 Å². The minimum Gasteiger partial charge on any atom is -0.478 e. The normalized spacial score (nSPS) is 10.8. The molecule has 0 radical (unpaired) electrons. The number of aromatic carboxylic acids is 1. The molecule has 0 saturated carbocycles. The summed E-state index contributed by atoms with van der Waals surface area (Å²) in [6.45, 7) is 0.509. The topological polar surface area (TPSA) is 55.1 Å². The highest BCUT2D eigenvalue weighted by atomic mass is 19.1. The molecule has 0 fully saturated rings. The summed E-state index contributed by atoms with van der Waals surface area (Å²) < 4.78 is 15.1. The van der Waals surface area contributed by atoms with Crippen molar-refractivity contribution in [3.05, 3.63) is 65.9 Å². The first-order valence-corrected chi connectivity index (χ1v) is 6.06. The molecule has 0 aliphatic rings. The summed E-state index contributed by atoms with van der Waals surface area (Å²) >= 11 is 0. The Morgan fingerprint density at radius 1 is 1.25 bits per heavy atom. The lowest BCUT2D eigenvalue weighted by Crippen LogP contribution is -2.03. The third-order valence-corrected chi connectivity index (χ3v) is 3.14. The molecule has 100 valence electrons. The molecule has 20 heavy (non-hydrogen) atoms. The monoisotopic (exact) mass is 270 g/mol. The van der Waals surface area contributed by atoms with Gasteiger partial charge >= 0.3 is 5.97 Å². The van der Waals surface area contributed by atoms with Crippen molar-refractivity contribution in [2.24, 2.45) is 0 Å². The van der Waals surface area contributed by atoms with Crippen molar-refractivity contribution >= 4 is 16.9 Å².